The van der Waals surface area contributed by atoms with Crippen molar-refractivity contribution in [3.05, 3.63) is 71.2 Å². The van der Waals surface area contributed by atoms with Crippen LogP contribution in [0.4, 0.5) is 0 Å². The van der Waals surface area contributed by atoms with Crippen molar-refractivity contribution in [1.82, 2.24) is 0 Å². The molecular weight excluding hydrogens is 232 g/mol. The number of fused-ring (bicyclic) bond motifs is 1. The lowest BCUT2D eigenvalue weighted by atomic mass is 9.81. The maximum atomic E-state index is 6.09. The molecule has 2 unspecified atom stereocenters. The quantitative estimate of drug-likeness (QED) is 0.664. The van der Waals surface area contributed by atoms with Crippen LogP contribution in [-0.4, -0.2) is 0 Å². The molecule has 0 saturated heterocycles. The van der Waals surface area contributed by atoms with Gasteiger partial charge in [-0.15, -0.1) is 0 Å². The van der Waals surface area contributed by atoms with Crippen LogP contribution in [0.1, 0.15) is 47.3 Å². The Balaban J connectivity index is 1.92. The highest BCUT2D eigenvalue weighted by Crippen LogP contribution is 2.48. The zero-order valence-electron chi connectivity index (χ0n) is 11.2. The fourth-order valence-corrected chi connectivity index (χ4v) is 3.72. The summed E-state index contributed by atoms with van der Waals surface area (Å²) in [6, 6.07) is 13.1. The Kier molecular flexibility index (Phi) is 2.41. The number of furan rings is 1. The Hall–Kier alpha value is -1.76. The van der Waals surface area contributed by atoms with Gasteiger partial charge in [-0.2, -0.15) is 0 Å². The van der Waals surface area contributed by atoms with Gasteiger partial charge in [-0.05, 0) is 37.3 Å². The average Bonchev–Trinajstić information content (AvgIpc) is 2.71. The predicted molar refractivity (Wildman–Crippen MR) is 76.3 cm³/mol. The first-order valence-corrected chi connectivity index (χ1v) is 7.16. The maximum Gasteiger partial charge on any atom is 0.115 e. The second-order valence-electron chi connectivity index (χ2n) is 5.80. The minimum absolute atomic E-state index is 0.397. The predicted octanol–water partition coefficient (Wildman–Crippen LogP) is 4.78. The van der Waals surface area contributed by atoms with Crippen molar-refractivity contribution in [3.8, 4) is 0 Å². The second kappa shape index (κ2) is 4.12. The van der Waals surface area contributed by atoms with Crippen molar-refractivity contribution < 1.29 is 4.42 Å². The zero-order chi connectivity index (χ0) is 12.8. The van der Waals surface area contributed by atoms with E-state index in [0.717, 1.165) is 5.76 Å². The van der Waals surface area contributed by atoms with Gasteiger partial charge in [-0.1, -0.05) is 42.5 Å². The molecule has 19 heavy (non-hydrogen) atoms. The highest BCUT2D eigenvalue weighted by Gasteiger charge is 2.36. The molecule has 0 radical (unpaired) electrons. The molecule has 0 fully saturated rings. The Morgan fingerprint density at radius 1 is 1.05 bits per heavy atom. The Labute approximate surface area is 114 Å². The van der Waals surface area contributed by atoms with E-state index in [2.05, 4.69) is 55.5 Å². The van der Waals surface area contributed by atoms with Gasteiger partial charge in [-0.3, -0.25) is 0 Å². The van der Waals surface area contributed by atoms with Crippen molar-refractivity contribution in [2.75, 3.05) is 0 Å². The number of allylic oxidation sites excluding steroid dienone is 2. The highest BCUT2D eigenvalue weighted by atomic mass is 16.3. The van der Waals surface area contributed by atoms with E-state index >= 15 is 0 Å². The van der Waals surface area contributed by atoms with E-state index in [0.29, 0.717) is 17.8 Å². The monoisotopic (exact) mass is 250 g/mol. The van der Waals surface area contributed by atoms with E-state index in [4.69, 9.17) is 4.42 Å². The fraction of sp³-hybridized carbons (Fsp3) is 0.333. The van der Waals surface area contributed by atoms with Crippen molar-refractivity contribution in [1.29, 1.82) is 0 Å². The summed E-state index contributed by atoms with van der Waals surface area (Å²) in [5, 5.41) is 0. The summed E-state index contributed by atoms with van der Waals surface area (Å²) in [7, 11) is 0. The molecule has 96 valence electrons. The Bertz CT molecular complexity index is 620. The third-order valence-corrected chi connectivity index (χ3v) is 4.58. The van der Waals surface area contributed by atoms with Crippen molar-refractivity contribution >= 4 is 0 Å². The molecule has 0 N–H and O–H groups in total. The molecule has 2 aromatic rings. The second-order valence-corrected chi connectivity index (χ2v) is 5.80. The van der Waals surface area contributed by atoms with Gasteiger partial charge in [0.2, 0.25) is 0 Å². The van der Waals surface area contributed by atoms with E-state index in [1.165, 1.54) is 29.7 Å². The minimum atomic E-state index is 0.397. The van der Waals surface area contributed by atoms with E-state index in [1.807, 2.05) is 0 Å². The summed E-state index contributed by atoms with van der Waals surface area (Å²) in [5.74, 6) is 3.81. The van der Waals surface area contributed by atoms with E-state index < -0.39 is 0 Å². The van der Waals surface area contributed by atoms with E-state index in [-0.39, 0.29) is 0 Å². The first kappa shape index (κ1) is 11.1. The molecule has 1 aromatic heterocycles. The molecule has 2 bridgehead atoms. The molecule has 1 aromatic carbocycles. The molecule has 0 aliphatic heterocycles. The van der Waals surface area contributed by atoms with Crippen LogP contribution in [-0.2, 0) is 0 Å². The van der Waals surface area contributed by atoms with Crippen LogP contribution in [0.5, 0.6) is 0 Å². The lowest BCUT2D eigenvalue weighted by Gasteiger charge is -2.23. The van der Waals surface area contributed by atoms with Gasteiger partial charge in [0.05, 0.1) is 0 Å². The first-order valence-electron chi connectivity index (χ1n) is 7.16. The Morgan fingerprint density at radius 3 is 2.63 bits per heavy atom. The van der Waals surface area contributed by atoms with Gasteiger partial charge < -0.3 is 4.42 Å². The standard InChI is InChI=1S/C18H18O/c1-12-11-16-13-7-9-15(10-8-13)17(18(16)19-12)14-5-3-2-4-6-14/h2-7,9,11,13,15,17H,8,10H2,1H3/t13?,15?,17-/m1/s1. The molecule has 1 heterocycles. The summed E-state index contributed by atoms with van der Waals surface area (Å²) in [5.41, 5.74) is 2.80. The van der Waals surface area contributed by atoms with Gasteiger partial charge >= 0.3 is 0 Å². The van der Waals surface area contributed by atoms with Gasteiger partial charge in [0.25, 0.3) is 0 Å². The lowest BCUT2D eigenvalue weighted by Crippen LogP contribution is -2.12. The number of hydrogen-bond acceptors (Lipinski definition) is 1. The van der Waals surface area contributed by atoms with E-state index in [9.17, 15) is 0 Å². The first-order chi connectivity index (χ1) is 9.33. The average molecular weight is 250 g/mol. The number of benzene rings is 1. The minimum Gasteiger partial charge on any atom is -0.465 e. The molecule has 3 aliphatic carbocycles. The summed E-state index contributed by atoms with van der Waals surface area (Å²) < 4.78 is 6.09. The summed E-state index contributed by atoms with van der Waals surface area (Å²) in [4.78, 5) is 0. The van der Waals surface area contributed by atoms with Crippen LogP contribution in [0.15, 0.2) is 53.0 Å². The van der Waals surface area contributed by atoms with Gasteiger partial charge in [0.15, 0.2) is 0 Å². The van der Waals surface area contributed by atoms with Gasteiger partial charge in [-0.25, -0.2) is 0 Å². The van der Waals surface area contributed by atoms with Gasteiger partial charge in [0, 0.05) is 17.4 Å². The van der Waals surface area contributed by atoms with Crippen molar-refractivity contribution in [2.45, 2.75) is 31.6 Å². The number of aryl methyl sites for hydroxylation is 1. The molecule has 0 saturated carbocycles. The van der Waals surface area contributed by atoms with Crippen LogP contribution in [0.25, 0.3) is 0 Å². The fourth-order valence-electron chi connectivity index (χ4n) is 3.72. The molecule has 5 rings (SSSR count). The van der Waals surface area contributed by atoms with E-state index in [1.54, 1.807) is 0 Å². The van der Waals surface area contributed by atoms with Crippen LogP contribution >= 0.6 is 0 Å². The largest absolute Gasteiger partial charge is 0.465 e. The highest BCUT2D eigenvalue weighted by molar-refractivity contribution is 5.42. The number of rotatable bonds is 1. The molecule has 0 amide bonds. The number of hydrogen-bond donors (Lipinski definition) is 0. The summed E-state index contributed by atoms with van der Waals surface area (Å²) in [6.07, 6.45) is 7.34. The molecular formula is C18H18O. The normalized spacial score (nSPS) is 28.2. The third kappa shape index (κ3) is 1.68. The van der Waals surface area contributed by atoms with Crippen LogP contribution in [0.3, 0.4) is 0 Å². The van der Waals surface area contributed by atoms with Gasteiger partial charge in [0.1, 0.15) is 11.5 Å². The smallest absolute Gasteiger partial charge is 0.115 e. The van der Waals surface area contributed by atoms with Crippen molar-refractivity contribution in [3.63, 3.8) is 0 Å². The Morgan fingerprint density at radius 2 is 1.89 bits per heavy atom. The van der Waals surface area contributed by atoms with Crippen LogP contribution < -0.4 is 0 Å². The topological polar surface area (TPSA) is 13.1 Å². The summed E-state index contributed by atoms with van der Waals surface area (Å²) >= 11 is 0. The zero-order valence-corrected chi connectivity index (χ0v) is 11.2. The summed E-state index contributed by atoms with van der Waals surface area (Å²) in [6.45, 7) is 2.06. The third-order valence-electron chi connectivity index (χ3n) is 4.58. The van der Waals surface area contributed by atoms with Crippen LogP contribution in [0, 0.1) is 12.8 Å². The maximum absolute atomic E-state index is 6.09. The SMILES string of the molecule is Cc1cc2c(o1)[C@H](c1ccccc1)C1C=CC2CC1. The van der Waals surface area contributed by atoms with Crippen LogP contribution in [0.2, 0.25) is 0 Å². The molecule has 3 atom stereocenters. The lowest BCUT2D eigenvalue weighted by molar-refractivity contribution is 0.411. The molecule has 1 nitrogen and oxygen atoms in total. The molecule has 1 heteroatoms. The van der Waals surface area contributed by atoms with Crippen molar-refractivity contribution in [2.24, 2.45) is 5.92 Å². The molecule has 3 aliphatic rings. The molecule has 0 spiro atoms.